The van der Waals surface area contributed by atoms with Crippen molar-refractivity contribution in [3.8, 4) is 0 Å². The Bertz CT molecular complexity index is 360. The molecule has 0 bridgehead atoms. The number of nitrogens with zero attached hydrogens (tertiary/aromatic N) is 1. The van der Waals surface area contributed by atoms with Crippen molar-refractivity contribution < 1.29 is 19.1 Å². The largest absolute Gasteiger partial charge is 0.444 e. The maximum Gasteiger partial charge on any atom is 0.407 e. The molecule has 128 valence electrons. The molecule has 0 aromatic carbocycles. The number of rotatable bonds is 6. The fourth-order valence-corrected chi connectivity index (χ4v) is 2.51. The second kappa shape index (κ2) is 8.98. The molecule has 1 aliphatic heterocycles. The molecule has 0 aliphatic carbocycles. The van der Waals surface area contributed by atoms with Gasteiger partial charge in [-0.3, -0.25) is 4.79 Å². The molecule has 0 saturated carbocycles. The molecule has 0 radical (unpaired) electrons. The Hall–Kier alpha value is -1.30. The van der Waals surface area contributed by atoms with Gasteiger partial charge in [0.1, 0.15) is 5.60 Å². The van der Waals surface area contributed by atoms with Gasteiger partial charge in [0.05, 0.1) is 0 Å². The average Bonchev–Trinajstić information content (AvgIpc) is 2.41. The van der Waals surface area contributed by atoms with E-state index in [2.05, 4.69) is 5.32 Å². The molecule has 0 atom stereocenters. The third-order valence-electron chi connectivity index (χ3n) is 3.53. The van der Waals surface area contributed by atoms with Crippen molar-refractivity contribution in [3.05, 3.63) is 0 Å². The molecular formula is C16H30N2O4. The van der Waals surface area contributed by atoms with Gasteiger partial charge in [0, 0.05) is 39.3 Å². The summed E-state index contributed by atoms with van der Waals surface area (Å²) in [6, 6.07) is 0.296. The number of ether oxygens (including phenoxy) is 2. The number of hydrogen-bond acceptors (Lipinski definition) is 4. The average molecular weight is 314 g/mol. The minimum absolute atomic E-state index is 0.118. The highest BCUT2D eigenvalue weighted by atomic mass is 16.6. The van der Waals surface area contributed by atoms with E-state index in [-0.39, 0.29) is 12.0 Å². The number of amides is 2. The molecule has 1 rings (SSSR count). The van der Waals surface area contributed by atoms with E-state index in [1.54, 1.807) is 6.92 Å². The van der Waals surface area contributed by atoms with Crippen LogP contribution >= 0.6 is 0 Å². The summed E-state index contributed by atoms with van der Waals surface area (Å²) in [6.07, 6.45) is 3.13. The third kappa shape index (κ3) is 7.64. The molecule has 0 spiro atoms. The van der Waals surface area contributed by atoms with Gasteiger partial charge in [0.25, 0.3) is 0 Å². The van der Waals surface area contributed by atoms with E-state index in [0.717, 1.165) is 45.4 Å². The zero-order valence-electron chi connectivity index (χ0n) is 14.3. The Kier molecular flexibility index (Phi) is 7.65. The van der Waals surface area contributed by atoms with Crippen LogP contribution in [0.5, 0.6) is 0 Å². The second-order valence-corrected chi connectivity index (χ2v) is 6.69. The lowest BCUT2D eigenvalue weighted by Crippen LogP contribution is -2.43. The molecule has 2 amide bonds. The number of carbonyl (C=O) groups is 2. The summed E-state index contributed by atoms with van der Waals surface area (Å²) in [5, 5.41) is 2.74. The molecule has 22 heavy (non-hydrogen) atoms. The SMILES string of the molecule is CC(=O)N(CCCCNC(=O)OC(C)(C)C)C1CCOCC1. The van der Waals surface area contributed by atoms with Crippen LogP contribution in [0, 0.1) is 0 Å². The number of alkyl carbamates (subject to hydrolysis) is 1. The summed E-state index contributed by atoms with van der Waals surface area (Å²) < 4.78 is 10.5. The quantitative estimate of drug-likeness (QED) is 0.764. The van der Waals surface area contributed by atoms with E-state index >= 15 is 0 Å². The van der Waals surface area contributed by atoms with E-state index in [9.17, 15) is 9.59 Å². The Morgan fingerprint density at radius 1 is 1.23 bits per heavy atom. The molecule has 6 heteroatoms. The summed E-state index contributed by atoms with van der Waals surface area (Å²) in [5.74, 6) is 0.118. The fraction of sp³-hybridized carbons (Fsp3) is 0.875. The predicted molar refractivity (Wildman–Crippen MR) is 84.7 cm³/mol. The van der Waals surface area contributed by atoms with Crippen LogP contribution in [-0.4, -0.2) is 54.8 Å². The minimum Gasteiger partial charge on any atom is -0.444 e. The second-order valence-electron chi connectivity index (χ2n) is 6.69. The molecule has 1 N–H and O–H groups in total. The molecule has 1 heterocycles. The van der Waals surface area contributed by atoms with Gasteiger partial charge in [-0.2, -0.15) is 0 Å². The molecule has 0 unspecified atom stereocenters. The first kappa shape index (κ1) is 18.7. The number of unbranched alkanes of at least 4 members (excludes halogenated alkanes) is 1. The molecule has 1 aliphatic rings. The van der Waals surface area contributed by atoms with E-state index in [1.165, 1.54) is 0 Å². The highest BCUT2D eigenvalue weighted by molar-refractivity contribution is 5.73. The van der Waals surface area contributed by atoms with Crippen LogP contribution in [0.25, 0.3) is 0 Å². The van der Waals surface area contributed by atoms with E-state index in [0.29, 0.717) is 12.6 Å². The Morgan fingerprint density at radius 2 is 1.86 bits per heavy atom. The molecule has 6 nitrogen and oxygen atoms in total. The zero-order valence-corrected chi connectivity index (χ0v) is 14.3. The zero-order chi connectivity index (χ0) is 16.6. The van der Waals surface area contributed by atoms with E-state index in [4.69, 9.17) is 9.47 Å². The van der Waals surface area contributed by atoms with E-state index < -0.39 is 5.60 Å². The molecule has 1 saturated heterocycles. The first-order chi connectivity index (χ1) is 10.3. The predicted octanol–water partition coefficient (Wildman–Crippen LogP) is 2.32. The fourth-order valence-electron chi connectivity index (χ4n) is 2.51. The van der Waals surface area contributed by atoms with Crippen molar-refractivity contribution >= 4 is 12.0 Å². The lowest BCUT2D eigenvalue weighted by molar-refractivity contribution is -0.133. The summed E-state index contributed by atoms with van der Waals surface area (Å²) in [7, 11) is 0. The molecular weight excluding hydrogens is 284 g/mol. The smallest absolute Gasteiger partial charge is 0.407 e. The first-order valence-electron chi connectivity index (χ1n) is 8.11. The number of nitrogens with one attached hydrogen (secondary N) is 1. The summed E-state index contributed by atoms with van der Waals surface area (Å²) in [4.78, 5) is 25.2. The first-order valence-corrected chi connectivity index (χ1v) is 8.11. The van der Waals surface area contributed by atoms with Crippen molar-refractivity contribution in [2.24, 2.45) is 0 Å². The molecule has 0 aromatic heterocycles. The maximum absolute atomic E-state index is 11.8. The van der Waals surface area contributed by atoms with Crippen molar-refractivity contribution in [2.75, 3.05) is 26.3 Å². The lowest BCUT2D eigenvalue weighted by atomic mass is 10.1. The van der Waals surface area contributed by atoms with Crippen LogP contribution in [0.1, 0.15) is 53.4 Å². The normalized spacial score (nSPS) is 16.2. The van der Waals surface area contributed by atoms with Crippen LogP contribution in [0.3, 0.4) is 0 Å². The van der Waals surface area contributed by atoms with Crippen LogP contribution in [0.15, 0.2) is 0 Å². The standard InChI is InChI=1S/C16H30N2O4/c1-13(19)18(14-7-11-21-12-8-14)10-6-5-9-17-15(20)22-16(2,3)4/h14H,5-12H2,1-4H3,(H,17,20). The topological polar surface area (TPSA) is 67.9 Å². The van der Waals surface area contributed by atoms with Crippen LogP contribution in [0.2, 0.25) is 0 Å². The van der Waals surface area contributed by atoms with Crippen molar-refractivity contribution in [1.29, 1.82) is 0 Å². The van der Waals surface area contributed by atoms with Crippen LogP contribution in [0.4, 0.5) is 4.79 Å². The maximum atomic E-state index is 11.8. The summed E-state index contributed by atoms with van der Waals surface area (Å²) >= 11 is 0. The number of hydrogen-bond donors (Lipinski definition) is 1. The summed E-state index contributed by atoms with van der Waals surface area (Å²) in [5.41, 5.74) is -0.474. The van der Waals surface area contributed by atoms with Gasteiger partial charge in [-0.05, 0) is 46.5 Å². The highest BCUT2D eigenvalue weighted by Gasteiger charge is 2.23. The van der Waals surface area contributed by atoms with Gasteiger partial charge >= 0.3 is 6.09 Å². The van der Waals surface area contributed by atoms with Gasteiger partial charge in [-0.15, -0.1) is 0 Å². The molecule has 1 fully saturated rings. The van der Waals surface area contributed by atoms with Gasteiger partial charge < -0.3 is 19.7 Å². The van der Waals surface area contributed by atoms with Crippen molar-refractivity contribution in [1.82, 2.24) is 10.2 Å². The summed E-state index contributed by atoms with van der Waals surface area (Å²) in [6.45, 7) is 9.89. The number of carbonyl (C=O) groups excluding carboxylic acids is 2. The highest BCUT2D eigenvalue weighted by Crippen LogP contribution is 2.15. The monoisotopic (exact) mass is 314 g/mol. The Morgan fingerprint density at radius 3 is 2.41 bits per heavy atom. The van der Waals surface area contributed by atoms with Crippen molar-refractivity contribution in [3.63, 3.8) is 0 Å². The van der Waals surface area contributed by atoms with Crippen molar-refractivity contribution in [2.45, 2.75) is 65.0 Å². The van der Waals surface area contributed by atoms with Crippen LogP contribution < -0.4 is 5.32 Å². The van der Waals surface area contributed by atoms with Gasteiger partial charge in [-0.25, -0.2) is 4.79 Å². The molecule has 0 aromatic rings. The minimum atomic E-state index is -0.474. The van der Waals surface area contributed by atoms with Gasteiger partial charge in [-0.1, -0.05) is 0 Å². The van der Waals surface area contributed by atoms with Gasteiger partial charge in [0.15, 0.2) is 0 Å². The lowest BCUT2D eigenvalue weighted by Gasteiger charge is -2.33. The van der Waals surface area contributed by atoms with E-state index in [1.807, 2.05) is 25.7 Å². The van der Waals surface area contributed by atoms with Crippen LogP contribution in [-0.2, 0) is 14.3 Å². The third-order valence-corrected chi connectivity index (χ3v) is 3.53. The Balaban J connectivity index is 2.20. The van der Waals surface area contributed by atoms with Gasteiger partial charge in [0.2, 0.25) is 5.91 Å². The Labute approximate surface area is 133 Å².